The molecule has 0 atom stereocenters. The van der Waals surface area contributed by atoms with E-state index in [2.05, 4.69) is 20.9 Å². The van der Waals surface area contributed by atoms with Gasteiger partial charge >= 0.3 is 0 Å². The van der Waals surface area contributed by atoms with E-state index < -0.39 is 11.6 Å². The Labute approximate surface area is 147 Å². The Bertz CT molecular complexity index is 883. The fraction of sp³-hybridized carbons (Fsp3) is 0.105. The fourth-order valence-corrected chi connectivity index (χ4v) is 2.65. The maximum atomic E-state index is 14.0. The Morgan fingerprint density at radius 1 is 1.08 bits per heavy atom. The lowest BCUT2D eigenvalue weighted by molar-refractivity contribution is 0.585. The molecule has 24 heavy (non-hydrogen) atoms. The van der Waals surface area contributed by atoms with Gasteiger partial charge in [0.1, 0.15) is 17.5 Å². The van der Waals surface area contributed by atoms with Gasteiger partial charge in [-0.2, -0.15) is 0 Å². The standard InChI is InChI=1S/C19H15BrF2N2/c1-2-24-12-18(16-9-8-15(21)11-17(16)22)23-19(24)10-5-13-3-6-14(20)7-4-13/h3-12H,2H2,1H3. The first kappa shape index (κ1) is 16.6. The van der Waals surface area contributed by atoms with Crippen LogP contribution in [0.5, 0.6) is 0 Å². The second-order valence-electron chi connectivity index (χ2n) is 5.28. The van der Waals surface area contributed by atoms with Gasteiger partial charge < -0.3 is 4.57 Å². The monoisotopic (exact) mass is 388 g/mol. The van der Waals surface area contributed by atoms with E-state index in [1.54, 1.807) is 6.20 Å². The first-order valence-electron chi connectivity index (χ1n) is 7.53. The molecule has 5 heteroatoms. The molecule has 0 aliphatic carbocycles. The molecule has 2 aromatic carbocycles. The zero-order valence-electron chi connectivity index (χ0n) is 13.0. The molecular weight excluding hydrogens is 374 g/mol. The van der Waals surface area contributed by atoms with Crippen molar-refractivity contribution in [3.8, 4) is 11.3 Å². The highest BCUT2D eigenvalue weighted by Gasteiger charge is 2.11. The highest BCUT2D eigenvalue weighted by Crippen LogP contribution is 2.24. The van der Waals surface area contributed by atoms with E-state index >= 15 is 0 Å². The second kappa shape index (κ2) is 7.09. The number of hydrogen-bond donors (Lipinski definition) is 0. The summed E-state index contributed by atoms with van der Waals surface area (Å²) in [7, 11) is 0. The molecule has 0 spiro atoms. The minimum absolute atomic E-state index is 0.293. The van der Waals surface area contributed by atoms with Crippen molar-refractivity contribution in [3.63, 3.8) is 0 Å². The van der Waals surface area contributed by atoms with Crippen molar-refractivity contribution in [1.29, 1.82) is 0 Å². The molecule has 0 amide bonds. The van der Waals surface area contributed by atoms with E-state index in [-0.39, 0.29) is 0 Å². The summed E-state index contributed by atoms with van der Waals surface area (Å²) in [6.07, 6.45) is 5.61. The minimum atomic E-state index is -0.612. The van der Waals surface area contributed by atoms with Gasteiger partial charge in [0.15, 0.2) is 0 Å². The van der Waals surface area contributed by atoms with E-state index in [0.29, 0.717) is 17.8 Å². The first-order chi connectivity index (χ1) is 11.6. The quantitative estimate of drug-likeness (QED) is 0.553. The summed E-state index contributed by atoms with van der Waals surface area (Å²) in [5, 5.41) is 0. The average molecular weight is 389 g/mol. The molecule has 0 unspecified atom stereocenters. The summed E-state index contributed by atoms with van der Waals surface area (Å²) in [5.41, 5.74) is 1.82. The third-order valence-corrected chi connectivity index (χ3v) is 4.18. The molecule has 0 bridgehead atoms. The average Bonchev–Trinajstić information content (AvgIpc) is 2.97. The smallest absolute Gasteiger partial charge is 0.135 e. The molecule has 3 aromatic rings. The lowest BCUT2D eigenvalue weighted by Crippen LogP contribution is -1.94. The summed E-state index contributed by atoms with van der Waals surface area (Å²) in [6, 6.07) is 11.4. The van der Waals surface area contributed by atoms with E-state index in [1.165, 1.54) is 12.1 Å². The maximum Gasteiger partial charge on any atom is 0.135 e. The Kier molecular flexibility index (Phi) is 4.90. The van der Waals surface area contributed by atoms with Crippen molar-refractivity contribution >= 4 is 28.1 Å². The van der Waals surface area contributed by atoms with E-state index in [9.17, 15) is 8.78 Å². The summed E-state index contributed by atoms with van der Waals surface area (Å²) < 4.78 is 30.0. The van der Waals surface area contributed by atoms with Crippen LogP contribution in [0.2, 0.25) is 0 Å². The summed E-state index contributed by atoms with van der Waals surface area (Å²) >= 11 is 3.40. The molecule has 0 saturated carbocycles. The molecule has 2 nitrogen and oxygen atoms in total. The minimum Gasteiger partial charge on any atom is -0.331 e. The Hall–Kier alpha value is -2.27. The third kappa shape index (κ3) is 3.62. The predicted molar refractivity (Wildman–Crippen MR) is 96.3 cm³/mol. The SMILES string of the molecule is CCn1cc(-c2ccc(F)cc2F)nc1C=Cc1ccc(Br)cc1. The molecule has 3 rings (SSSR count). The van der Waals surface area contributed by atoms with Crippen LogP contribution in [0.3, 0.4) is 0 Å². The number of nitrogens with zero attached hydrogens (tertiary/aromatic N) is 2. The van der Waals surface area contributed by atoms with Crippen LogP contribution in [0.15, 0.2) is 53.1 Å². The number of halogens is 3. The summed E-state index contributed by atoms with van der Waals surface area (Å²) in [6.45, 7) is 2.69. The van der Waals surface area contributed by atoms with Crippen molar-refractivity contribution in [3.05, 3.63) is 76.2 Å². The Morgan fingerprint density at radius 2 is 1.83 bits per heavy atom. The van der Waals surface area contributed by atoms with Gasteiger partial charge in [-0.1, -0.05) is 34.1 Å². The van der Waals surface area contributed by atoms with Gasteiger partial charge in [-0.15, -0.1) is 0 Å². The van der Waals surface area contributed by atoms with Gasteiger partial charge in [0.25, 0.3) is 0 Å². The highest BCUT2D eigenvalue weighted by molar-refractivity contribution is 9.10. The molecule has 0 saturated heterocycles. The molecule has 122 valence electrons. The van der Waals surface area contributed by atoms with Crippen LogP contribution >= 0.6 is 15.9 Å². The van der Waals surface area contributed by atoms with E-state index in [1.807, 2.05) is 47.9 Å². The predicted octanol–water partition coefficient (Wildman–Crippen LogP) is 5.78. The lowest BCUT2D eigenvalue weighted by Gasteiger charge is -1.99. The van der Waals surface area contributed by atoms with Crippen molar-refractivity contribution in [1.82, 2.24) is 9.55 Å². The normalized spacial score (nSPS) is 11.3. The molecular formula is C19H15BrF2N2. The first-order valence-corrected chi connectivity index (χ1v) is 8.32. The lowest BCUT2D eigenvalue weighted by atomic mass is 10.1. The molecule has 0 fully saturated rings. The summed E-state index contributed by atoms with van der Waals surface area (Å²) in [5.74, 6) is -0.486. The van der Waals surface area contributed by atoms with Gasteiger partial charge in [0, 0.05) is 28.8 Å². The highest BCUT2D eigenvalue weighted by atomic mass is 79.9. The van der Waals surface area contributed by atoms with E-state index in [4.69, 9.17) is 0 Å². The van der Waals surface area contributed by atoms with Gasteiger partial charge in [-0.3, -0.25) is 0 Å². The topological polar surface area (TPSA) is 17.8 Å². The Balaban J connectivity index is 1.94. The maximum absolute atomic E-state index is 14.0. The van der Waals surface area contributed by atoms with Crippen LogP contribution in [-0.4, -0.2) is 9.55 Å². The van der Waals surface area contributed by atoms with Crippen LogP contribution in [0.25, 0.3) is 23.4 Å². The molecule has 0 radical (unpaired) electrons. The molecule has 1 heterocycles. The molecule has 0 aliphatic heterocycles. The third-order valence-electron chi connectivity index (χ3n) is 3.65. The van der Waals surface area contributed by atoms with Crippen molar-refractivity contribution < 1.29 is 8.78 Å². The Morgan fingerprint density at radius 3 is 2.50 bits per heavy atom. The van der Waals surface area contributed by atoms with Crippen LogP contribution in [-0.2, 0) is 6.54 Å². The number of rotatable bonds is 4. The van der Waals surface area contributed by atoms with Gasteiger partial charge in [0.2, 0.25) is 0 Å². The molecule has 1 aromatic heterocycles. The van der Waals surface area contributed by atoms with Crippen molar-refractivity contribution in [2.45, 2.75) is 13.5 Å². The summed E-state index contributed by atoms with van der Waals surface area (Å²) in [4.78, 5) is 4.48. The molecule has 0 N–H and O–H groups in total. The van der Waals surface area contributed by atoms with Crippen LogP contribution in [0.1, 0.15) is 18.3 Å². The number of imidazole rings is 1. The number of hydrogen-bond acceptors (Lipinski definition) is 1. The van der Waals surface area contributed by atoms with Gasteiger partial charge in [-0.05, 0) is 42.8 Å². The van der Waals surface area contributed by atoms with E-state index in [0.717, 1.165) is 21.9 Å². The zero-order valence-corrected chi connectivity index (χ0v) is 14.6. The second-order valence-corrected chi connectivity index (χ2v) is 6.20. The van der Waals surface area contributed by atoms with Crippen molar-refractivity contribution in [2.75, 3.05) is 0 Å². The zero-order chi connectivity index (χ0) is 17.1. The largest absolute Gasteiger partial charge is 0.331 e. The molecule has 0 aliphatic rings. The number of aromatic nitrogens is 2. The van der Waals surface area contributed by atoms with Gasteiger partial charge in [0.05, 0.1) is 5.69 Å². The van der Waals surface area contributed by atoms with Gasteiger partial charge in [-0.25, -0.2) is 13.8 Å². The van der Waals surface area contributed by atoms with Crippen molar-refractivity contribution in [2.24, 2.45) is 0 Å². The fourth-order valence-electron chi connectivity index (χ4n) is 2.39. The van der Waals surface area contributed by atoms with Crippen LogP contribution in [0.4, 0.5) is 8.78 Å². The van der Waals surface area contributed by atoms with Crippen LogP contribution in [0, 0.1) is 11.6 Å². The number of benzene rings is 2. The van der Waals surface area contributed by atoms with Crippen LogP contribution < -0.4 is 0 Å². The number of aryl methyl sites for hydroxylation is 1.